The van der Waals surface area contributed by atoms with Crippen molar-refractivity contribution < 1.29 is 19.5 Å². The van der Waals surface area contributed by atoms with E-state index in [1.54, 1.807) is 56.6 Å². The van der Waals surface area contributed by atoms with E-state index in [1.807, 2.05) is 0 Å². The highest BCUT2D eigenvalue weighted by atomic mass is 16.4. The van der Waals surface area contributed by atoms with E-state index >= 15 is 0 Å². The molecule has 0 saturated heterocycles. The Morgan fingerprint density at radius 2 is 1.52 bits per heavy atom. The van der Waals surface area contributed by atoms with Gasteiger partial charge in [0.15, 0.2) is 0 Å². The molecule has 130 valence electrons. The number of rotatable bonds is 6. The molecule has 25 heavy (non-hydrogen) atoms. The first-order chi connectivity index (χ1) is 11.9. The normalized spacial score (nSPS) is 10.2. The van der Waals surface area contributed by atoms with Crippen molar-refractivity contribution in [2.75, 3.05) is 19.4 Å². The Morgan fingerprint density at radius 1 is 0.920 bits per heavy atom. The Hall–Kier alpha value is -3.15. The number of nitrogens with one attached hydrogen (secondary N) is 1. The van der Waals surface area contributed by atoms with E-state index in [2.05, 4.69) is 5.32 Å². The molecule has 0 unspecified atom stereocenters. The summed E-state index contributed by atoms with van der Waals surface area (Å²) in [5.74, 6) is -1.48. The van der Waals surface area contributed by atoms with Crippen LogP contribution in [0.1, 0.15) is 21.5 Å². The Kier molecular flexibility index (Phi) is 5.89. The molecule has 0 aliphatic rings. The summed E-state index contributed by atoms with van der Waals surface area (Å²) in [6.07, 6.45) is 0.119. The minimum absolute atomic E-state index is 0.0571. The summed E-state index contributed by atoms with van der Waals surface area (Å²) < 4.78 is 0. The fourth-order valence-electron chi connectivity index (χ4n) is 2.37. The highest BCUT2D eigenvalue weighted by Crippen LogP contribution is 2.17. The molecule has 6 heteroatoms. The van der Waals surface area contributed by atoms with Crippen LogP contribution in [0.2, 0.25) is 0 Å². The molecular weight excluding hydrogens is 320 g/mol. The van der Waals surface area contributed by atoms with Crippen LogP contribution < -0.4 is 5.32 Å². The molecule has 0 heterocycles. The van der Waals surface area contributed by atoms with Crippen molar-refractivity contribution in [3.8, 4) is 0 Å². The van der Waals surface area contributed by atoms with E-state index in [-0.39, 0.29) is 30.2 Å². The molecule has 2 aromatic rings. The second kappa shape index (κ2) is 8.10. The molecule has 0 radical (unpaired) electrons. The minimum atomic E-state index is -1.07. The summed E-state index contributed by atoms with van der Waals surface area (Å²) in [7, 11) is 3.35. The zero-order chi connectivity index (χ0) is 18.4. The van der Waals surface area contributed by atoms with Gasteiger partial charge >= 0.3 is 5.97 Å². The van der Waals surface area contributed by atoms with Crippen LogP contribution in [0.3, 0.4) is 0 Å². The van der Waals surface area contributed by atoms with E-state index in [0.717, 1.165) is 0 Å². The van der Waals surface area contributed by atoms with Crippen LogP contribution in [-0.2, 0) is 22.4 Å². The molecule has 0 aliphatic heterocycles. The molecule has 2 N–H and O–H groups in total. The molecular formula is C19H20N2O4. The molecule has 0 atom stereocenters. The largest absolute Gasteiger partial charge is 0.478 e. The van der Waals surface area contributed by atoms with Gasteiger partial charge in [0.2, 0.25) is 11.8 Å². The van der Waals surface area contributed by atoms with Gasteiger partial charge in [0.1, 0.15) is 0 Å². The van der Waals surface area contributed by atoms with Crippen LogP contribution in [0.15, 0.2) is 48.5 Å². The third kappa shape index (κ3) is 4.91. The molecule has 0 saturated carbocycles. The van der Waals surface area contributed by atoms with Crippen molar-refractivity contribution in [3.05, 3.63) is 65.2 Å². The van der Waals surface area contributed by atoms with Crippen molar-refractivity contribution >= 4 is 23.5 Å². The molecule has 2 aromatic carbocycles. The van der Waals surface area contributed by atoms with Crippen LogP contribution in [0.5, 0.6) is 0 Å². The van der Waals surface area contributed by atoms with Gasteiger partial charge in [-0.2, -0.15) is 0 Å². The highest BCUT2D eigenvalue weighted by molar-refractivity contribution is 5.96. The second-order valence-corrected chi connectivity index (χ2v) is 5.81. The predicted molar refractivity (Wildman–Crippen MR) is 94.6 cm³/mol. The van der Waals surface area contributed by atoms with Gasteiger partial charge in [-0.3, -0.25) is 9.59 Å². The van der Waals surface area contributed by atoms with Crippen LogP contribution >= 0.6 is 0 Å². The fourth-order valence-corrected chi connectivity index (χ4v) is 2.37. The van der Waals surface area contributed by atoms with Crippen molar-refractivity contribution in [1.29, 1.82) is 0 Å². The number of carbonyl (C=O) groups excluding carboxylic acids is 2. The summed E-state index contributed by atoms with van der Waals surface area (Å²) >= 11 is 0. The quantitative estimate of drug-likeness (QED) is 0.844. The van der Waals surface area contributed by atoms with Gasteiger partial charge in [-0.05, 0) is 23.3 Å². The topological polar surface area (TPSA) is 86.7 Å². The standard InChI is InChI=1S/C19H20N2O4/c1-21(2)18(23)12-14-8-4-6-10-16(14)20-17(22)11-13-7-3-5-9-15(13)19(24)25/h3-10H,11-12H2,1-2H3,(H,20,22)(H,24,25). The van der Waals surface area contributed by atoms with Crippen LogP contribution in [0, 0.1) is 0 Å². The van der Waals surface area contributed by atoms with Gasteiger partial charge in [-0.25, -0.2) is 4.79 Å². The molecule has 6 nitrogen and oxygen atoms in total. The first-order valence-electron chi connectivity index (χ1n) is 7.77. The van der Waals surface area contributed by atoms with Gasteiger partial charge in [-0.15, -0.1) is 0 Å². The van der Waals surface area contributed by atoms with Crippen molar-refractivity contribution in [1.82, 2.24) is 4.90 Å². The number of benzene rings is 2. The van der Waals surface area contributed by atoms with Gasteiger partial charge in [0, 0.05) is 19.8 Å². The van der Waals surface area contributed by atoms with Gasteiger partial charge in [-0.1, -0.05) is 36.4 Å². The van der Waals surface area contributed by atoms with Gasteiger partial charge in [0.25, 0.3) is 0 Å². The van der Waals surface area contributed by atoms with Crippen molar-refractivity contribution in [3.63, 3.8) is 0 Å². The lowest BCUT2D eigenvalue weighted by atomic mass is 10.0. The summed E-state index contributed by atoms with van der Waals surface area (Å²) in [5.41, 5.74) is 1.81. The van der Waals surface area contributed by atoms with Crippen LogP contribution in [-0.4, -0.2) is 41.9 Å². The smallest absolute Gasteiger partial charge is 0.335 e. The lowest BCUT2D eigenvalue weighted by molar-refractivity contribution is -0.128. The van der Waals surface area contributed by atoms with Crippen molar-refractivity contribution in [2.24, 2.45) is 0 Å². The Balaban J connectivity index is 2.14. The third-order valence-corrected chi connectivity index (χ3v) is 3.73. The molecule has 0 aliphatic carbocycles. The lowest BCUT2D eigenvalue weighted by Gasteiger charge is -2.14. The number of hydrogen-bond donors (Lipinski definition) is 2. The number of carbonyl (C=O) groups is 3. The third-order valence-electron chi connectivity index (χ3n) is 3.73. The number of carboxylic acids is 1. The van der Waals surface area contributed by atoms with Crippen LogP contribution in [0.4, 0.5) is 5.69 Å². The molecule has 0 fully saturated rings. The number of nitrogens with zero attached hydrogens (tertiary/aromatic N) is 1. The van der Waals surface area contributed by atoms with E-state index in [1.165, 1.54) is 11.0 Å². The summed E-state index contributed by atoms with van der Waals surface area (Å²) in [6, 6.07) is 13.5. The van der Waals surface area contributed by atoms with E-state index in [0.29, 0.717) is 16.8 Å². The summed E-state index contributed by atoms with van der Waals surface area (Å²) in [4.78, 5) is 37.0. The average molecular weight is 340 g/mol. The highest BCUT2D eigenvalue weighted by Gasteiger charge is 2.15. The maximum Gasteiger partial charge on any atom is 0.335 e. The molecule has 0 aromatic heterocycles. The lowest BCUT2D eigenvalue weighted by Crippen LogP contribution is -2.24. The SMILES string of the molecule is CN(C)C(=O)Cc1ccccc1NC(=O)Cc1ccccc1C(=O)O. The summed E-state index contributed by atoms with van der Waals surface area (Å²) in [6.45, 7) is 0. The Labute approximate surface area is 146 Å². The molecule has 2 rings (SSSR count). The number of para-hydroxylation sites is 1. The maximum atomic E-state index is 12.3. The van der Waals surface area contributed by atoms with E-state index < -0.39 is 5.97 Å². The minimum Gasteiger partial charge on any atom is -0.478 e. The molecule has 0 bridgehead atoms. The summed E-state index contributed by atoms with van der Waals surface area (Å²) in [5, 5.41) is 12.0. The number of amides is 2. The Bertz CT molecular complexity index is 800. The monoisotopic (exact) mass is 340 g/mol. The number of anilines is 1. The first kappa shape index (κ1) is 18.2. The Morgan fingerprint density at radius 3 is 2.16 bits per heavy atom. The predicted octanol–water partition coefficient (Wildman–Crippen LogP) is 2.20. The second-order valence-electron chi connectivity index (χ2n) is 5.81. The van der Waals surface area contributed by atoms with Crippen molar-refractivity contribution in [2.45, 2.75) is 12.8 Å². The van der Waals surface area contributed by atoms with Gasteiger partial charge in [0.05, 0.1) is 18.4 Å². The fraction of sp³-hybridized carbons (Fsp3) is 0.211. The molecule has 2 amide bonds. The van der Waals surface area contributed by atoms with Gasteiger partial charge < -0.3 is 15.3 Å². The number of hydrogen-bond acceptors (Lipinski definition) is 3. The zero-order valence-corrected chi connectivity index (χ0v) is 14.2. The first-order valence-corrected chi connectivity index (χ1v) is 7.77. The number of carboxylic acid groups (broad SMARTS) is 1. The zero-order valence-electron chi connectivity index (χ0n) is 14.2. The molecule has 0 spiro atoms. The average Bonchev–Trinajstić information content (AvgIpc) is 2.56. The van der Waals surface area contributed by atoms with Crippen LogP contribution in [0.25, 0.3) is 0 Å². The van der Waals surface area contributed by atoms with E-state index in [9.17, 15) is 19.5 Å². The van der Waals surface area contributed by atoms with E-state index in [4.69, 9.17) is 0 Å². The number of aromatic carboxylic acids is 1. The maximum absolute atomic E-state index is 12.3. The number of likely N-dealkylation sites (N-methyl/N-ethyl adjacent to an activating group) is 1.